The van der Waals surface area contributed by atoms with Gasteiger partial charge in [0.1, 0.15) is 11.5 Å². The molecular formula is C23H29FN4O2. The second-order valence-electron chi connectivity index (χ2n) is 9.32. The average molecular weight is 413 g/mol. The first-order valence-corrected chi connectivity index (χ1v) is 11.0. The molecule has 30 heavy (non-hydrogen) atoms. The van der Waals surface area contributed by atoms with Crippen LogP contribution in [0, 0.1) is 18.7 Å². The van der Waals surface area contributed by atoms with Gasteiger partial charge in [0.25, 0.3) is 5.91 Å². The quantitative estimate of drug-likeness (QED) is 0.815. The molecule has 1 saturated carbocycles. The summed E-state index contributed by atoms with van der Waals surface area (Å²) in [6.45, 7) is 3.83. The average Bonchev–Trinajstić information content (AvgIpc) is 3.41. The highest BCUT2D eigenvalue weighted by Crippen LogP contribution is 2.35. The number of aromatic amines is 1. The zero-order valence-corrected chi connectivity index (χ0v) is 17.6. The van der Waals surface area contributed by atoms with Crippen LogP contribution in [0.1, 0.15) is 48.2 Å². The molecule has 0 unspecified atom stereocenters. The van der Waals surface area contributed by atoms with Crippen LogP contribution >= 0.6 is 0 Å². The molecule has 5 rings (SSSR count). The molecule has 0 bridgehead atoms. The maximum absolute atomic E-state index is 14.1. The lowest BCUT2D eigenvalue weighted by atomic mass is 9.90. The van der Waals surface area contributed by atoms with Crippen molar-refractivity contribution in [2.75, 3.05) is 20.1 Å². The molecule has 1 aromatic heterocycles. The van der Waals surface area contributed by atoms with E-state index in [-0.39, 0.29) is 23.7 Å². The predicted molar refractivity (Wildman–Crippen MR) is 113 cm³/mol. The number of carbonyl (C=O) groups is 2. The van der Waals surface area contributed by atoms with E-state index in [0.717, 1.165) is 44.3 Å². The van der Waals surface area contributed by atoms with Gasteiger partial charge in [-0.15, -0.1) is 0 Å². The van der Waals surface area contributed by atoms with Gasteiger partial charge >= 0.3 is 0 Å². The van der Waals surface area contributed by atoms with Gasteiger partial charge < -0.3 is 15.2 Å². The summed E-state index contributed by atoms with van der Waals surface area (Å²) >= 11 is 0. The summed E-state index contributed by atoms with van der Waals surface area (Å²) in [4.78, 5) is 32.3. The fourth-order valence-electron chi connectivity index (χ4n) is 5.71. The molecule has 1 aromatic carbocycles. The van der Waals surface area contributed by atoms with Gasteiger partial charge in [-0.2, -0.15) is 0 Å². The number of halogens is 1. The minimum Gasteiger partial charge on any atom is -0.350 e. The number of carbonyl (C=O) groups excluding carboxylic acids is 2. The van der Waals surface area contributed by atoms with Crippen molar-refractivity contribution in [1.82, 2.24) is 20.1 Å². The van der Waals surface area contributed by atoms with Gasteiger partial charge in [0.2, 0.25) is 5.91 Å². The second kappa shape index (κ2) is 7.38. The largest absolute Gasteiger partial charge is 0.350 e. The van der Waals surface area contributed by atoms with Crippen LogP contribution in [0.2, 0.25) is 0 Å². The Bertz CT molecular complexity index is 963. The Balaban J connectivity index is 1.24. The number of fused-ring (bicyclic) bond motifs is 2. The van der Waals surface area contributed by atoms with E-state index in [2.05, 4.69) is 15.2 Å². The van der Waals surface area contributed by atoms with Crippen LogP contribution in [0.25, 0.3) is 10.9 Å². The minimum absolute atomic E-state index is 0.119. The maximum atomic E-state index is 14.1. The molecule has 4 atom stereocenters. The van der Waals surface area contributed by atoms with Crippen LogP contribution in [0.15, 0.2) is 18.2 Å². The molecule has 3 aliphatic rings. The molecule has 0 spiro atoms. The topological polar surface area (TPSA) is 68.4 Å². The first-order valence-electron chi connectivity index (χ1n) is 11.0. The summed E-state index contributed by atoms with van der Waals surface area (Å²) in [6, 6.07) is 5.68. The van der Waals surface area contributed by atoms with Crippen molar-refractivity contribution in [3.8, 4) is 0 Å². The van der Waals surface area contributed by atoms with E-state index < -0.39 is 0 Å². The Morgan fingerprint density at radius 2 is 2.10 bits per heavy atom. The number of aromatic nitrogens is 1. The van der Waals surface area contributed by atoms with Crippen molar-refractivity contribution in [2.45, 2.75) is 57.2 Å². The third-order valence-corrected chi connectivity index (χ3v) is 7.45. The predicted octanol–water partition coefficient (Wildman–Crippen LogP) is 2.82. The van der Waals surface area contributed by atoms with Crippen molar-refractivity contribution in [2.24, 2.45) is 5.92 Å². The first-order chi connectivity index (χ1) is 14.4. The summed E-state index contributed by atoms with van der Waals surface area (Å²) in [5.74, 6) is 0.233. The van der Waals surface area contributed by atoms with E-state index in [1.165, 1.54) is 6.07 Å². The zero-order valence-electron chi connectivity index (χ0n) is 17.6. The highest BCUT2D eigenvalue weighted by molar-refractivity contribution is 5.99. The van der Waals surface area contributed by atoms with E-state index in [9.17, 15) is 14.0 Å². The summed E-state index contributed by atoms with van der Waals surface area (Å²) in [7, 11) is 1.92. The minimum atomic E-state index is -0.313. The van der Waals surface area contributed by atoms with Gasteiger partial charge in [0.05, 0.1) is 5.52 Å². The number of hydrogen-bond donors (Lipinski definition) is 2. The van der Waals surface area contributed by atoms with Gasteiger partial charge in [-0.3, -0.25) is 14.5 Å². The molecular weight excluding hydrogens is 383 g/mol. The van der Waals surface area contributed by atoms with E-state index >= 15 is 0 Å². The number of amides is 2. The fraction of sp³-hybridized carbons (Fsp3) is 0.565. The molecule has 2 aliphatic heterocycles. The fourth-order valence-corrected chi connectivity index (χ4v) is 5.71. The van der Waals surface area contributed by atoms with Crippen LogP contribution in [0.3, 0.4) is 0 Å². The molecule has 1 aliphatic carbocycles. The molecule has 3 heterocycles. The number of likely N-dealkylation sites (tertiary alicyclic amines) is 2. The normalized spacial score (nSPS) is 29.6. The third-order valence-electron chi connectivity index (χ3n) is 7.45. The molecule has 2 aromatic rings. The number of nitrogens with one attached hydrogen (secondary N) is 2. The standard InChI is InChI=1S/C23H29FN4O2/c1-13-6-7-18(24)17-10-19(26-22(13)17)23(30)25-15-4-3-5-16(9-15)28-11-14-8-21(29)27(2)20(14)12-28/h6-7,10,14-16,20,26H,3-5,8-9,11-12H2,1-2H3,(H,25,30)/t14-,15-,16-,20+/m1/s1. The lowest BCUT2D eigenvalue weighted by Crippen LogP contribution is -2.46. The van der Waals surface area contributed by atoms with Gasteiger partial charge in [0.15, 0.2) is 0 Å². The SMILES string of the molecule is Cc1ccc(F)c2cc(C(=O)N[C@@H]3CCC[C@@H](N4C[C@H]5CC(=O)N(C)[C@H]5C4)C3)[nH]c12. The lowest BCUT2D eigenvalue weighted by molar-refractivity contribution is -0.128. The Morgan fingerprint density at radius 3 is 2.87 bits per heavy atom. The van der Waals surface area contributed by atoms with Gasteiger partial charge in [-0.05, 0) is 50.3 Å². The summed E-state index contributed by atoms with van der Waals surface area (Å²) in [5.41, 5.74) is 2.02. The lowest BCUT2D eigenvalue weighted by Gasteiger charge is -2.36. The molecule has 160 valence electrons. The number of H-pyrrole nitrogens is 1. The van der Waals surface area contributed by atoms with Crippen molar-refractivity contribution in [3.63, 3.8) is 0 Å². The van der Waals surface area contributed by atoms with Crippen molar-refractivity contribution in [3.05, 3.63) is 35.3 Å². The Morgan fingerprint density at radius 1 is 1.27 bits per heavy atom. The van der Waals surface area contributed by atoms with Crippen LogP contribution < -0.4 is 5.32 Å². The number of likely N-dealkylation sites (N-methyl/N-ethyl adjacent to an activating group) is 1. The van der Waals surface area contributed by atoms with Crippen LogP contribution in [0.5, 0.6) is 0 Å². The van der Waals surface area contributed by atoms with Crippen LogP contribution in [-0.4, -0.2) is 64.9 Å². The van der Waals surface area contributed by atoms with Gasteiger partial charge in [-0.25, -0.2) is 4.39 Å². The van der Waals surface area contributed by atoms with Crippen LogP contribution in [0.4, 0.5) is 4.39 Å². The molecule has 2 amide bonds. The molecule has 6 nitrogen and oxygen atoms in total. The molecule has 2 saturated heterocycles. The monoisotopic (exact) mass is 412 g/mol. The molecule has 7 heteroatoms. The first kappa shape index (κ1) is 19.5. The summed E-state index contributed by atoms with van der Waals surface area (Å²) in [5, 5.41) is 3.63. The van der Waals surface area contributed by atoms with Crippen molar-refractivity contribution in [1.29, 1.82) is 0 Å². The van der Waals surface area contributed by atoms with Crippen LogP contribution in [-0.2, 0) is 4.79 Å². The summed E-state index contributed by atoms with van der Waals surface area (Å²) < 4.78 is 14.1. The number of hydrogen-bond acceptors (Lipinski definition) is 3. The molecule has 2 N–H and O–H groups in total. The van der Waals surface area contributed by atoms with E-state index in [4.69, 9.17) is 0 Å². The van der Waals surface area contributed by atoms with Gasteiger partial charge in [-0.1, -0.05) is 6.07 Å². The second-order valence-corrected chi connectivity index (χ2v) is 9.32. The third kappa shape index (κ3) is 3.29. The highest BCUT2D eigenvalue weighted by atomic mass is 19.1. The Labute approximate surface area is 175 Å². The zero-order chi connectivity index (χ0) is 21.0. The maximum Gasteiger partial charge on any atom is 0.267 e. The summed E-state index contributed by atoms with van der Waals surface area (Å²) in [6.07, 6.45) is 4.78. The number of nitrogens with zero attached hydrogens (tertiary/aromatic N) is 2. The van der Waals surface area contributed by atoms with E-state index in [1.807, 2.05) is 18.9 Å². The highest BCUT2D eigenvalue weighted by Gasteiger charge is 2.45. The Kier molecular flexibility index (Phi) is 4.81. The molecule has 3 fully saturated rings. The van der Waals surface area contributed by atoms with Gasteiger partial charge in [0, 0.05) is 56.0 Å². The van der Waals surface area contributed by atoms with Crippen molar-refractivity contribution < 1.29 is 14.0 Å². The van der Waals surface area contributed by atoms with E-state index in [0.29, 0.717) is 41.0 Å². The van der Waals surface area contributed by atoms with E-state index in [1.54, 1.807) is 12.1 Å². The smallest absolute Gasteiger partial charge is 0.267 e. The van der Waals surface area contributed by atoms with Crippen molar-refractivity contribution >= 4 is 22.7 Å². The Hall–Kier alpha value is -2.41. The number of rotatable bonds is 3. The number of aryl methyl sites for hydroxylation is 1. The number of benzene rings is 1. The molecule has 0 radical (unpaired) electrons.